The van der Waals surface area contributed by atoms with Gasteiger partial charge in [0.25, 0.3) is 0 Å². The fraction of sp³-hybridized carbons (Fsp3) is 0.316. The molecule has 0 radical (unpaired) electrons. The number of rotatable bonds is 4. The number of aliphatic hydroxyl groups is 3. The lowest BCUT2D eigenvalue weighted by Crippen LogP contribution is -2.33. The maximum absolute atomic E-state index is 13.1. The zero-order valence-corrected chi connectivity index (χ0v) is 15.7. The number of aliphatic hydroxyl groups excluding tert-OH is 3. The molecular formula is C19H18FN5O5. The van der Waals surface area contributed by atoms with Gasteiger partial charge in [-0.2, -0.15) is 4.98 Å². The van der Waals surface area contributed by atoms with Gasteiger partial charge in [-0.25, -0.2) is 19.8 Å². The first-order valence-electron chi connectivity index (χ1n) is 8.95. The quantitative estimate of drug-likeness (QED) is 0.342. The summed E-state index contributed by atoms with van der Waals surface area (Å²) in [5, 5.41) is 29.7. The molecule has 4 unspecified atom stereocenters. The summed E-state index contributed by atoms with van der Waals surface area (Å²) in [6, 6.07) is 5.64. The Hall–Kier alpha value is -3.14. The highest BCUT2D eigenvalue weighted by Gasteiger charge is 2.44. The minimum atomic E-state index is -1.30. The van der Waals surface area contributed by atoms with Gasteiger partial charge >= 0.3 is 0 Å². The molecule has 1 aromatic carbocycles. The van der Waals surface area contributed by atoms with Crippen LogP contribution in [0.25, 0.3) is 11.2 Å². The normalized spacial score (nSPS) is 23.4. The van der Waals surface area contributed by atoms with Crippen molar-refractivity contribution in [2.45, 2.75) is 24.5 Å². The lowest BCUT2D eigenvalue weighted by Gasteiger charge is -2.16. The standard InChI is InChI=1S/C19H18FN5O5/c1-29-24-17-14-18(23-13(22-17)7-4-10-2-5-11(20)6-3-10)25(9-21-14)19-16(28)15(27)12(8-26)30-19/h2-3,5-6,9,12,15-16,19,26-28H,8H2,1H3,(H,22,23,24). The number of anilines is 1. The van der Waals surface area contributed by atoms with Crippen molar-refractivity contribution in [1.29, 1.82) is 0 Å². The molecule has 0 saturated carbocycles. The highest BCUT2D eigenvalue weighted by atomic mass is 19.1. The molecule has 4 N–H and O–H groups in total. The first kappa shape index (κ1) is 20.1. The molecule has 0 spiro atoms. The number of nitrogens with one attached hydrogen (secondary N) is 1. The molecule has 0 bridgehead atoms. The molecule has 11 heteroatoms. The fourth-order valence-corrected chi connectivity index (χ4v) is 3.10. The van der Waals surface area contributed by atoms with Crippen molar-refractivity contribution in [1.82, 2.24) is 19.5 Å². The second-order valence-electron chi connectivity index (χ2n) is 6.51. The van der Waals surface area contributed by atoms with Crippen LogP contribution in [-0.4, -0.2) is 66.9 Å². The fourth-order valence-electron chi connectivity index (χ4n) is 3.10. The van der Waals surface area contributed by atoms with Crippen LogP contribution in [0.3, 0.4) is 0 Å². The van der Waals surface area contributed by atoms with E-state index >= 15 is 0 Å². The van der Waals surface area contributed by atoms with Crippen molar-refractivity contribution in [2.24, 2.45) is 0 Å². The van der Waals surface area contributed by atoms with Gasteiger partial charge in [0.2, 0.25) is 5.82 Å². The Morgan fingerprint density at radius 3 is 2.63 bits per heavy atom. The van der Waals surface area contributed by atoms with E-state index in [9.17, 15) is 19.7 Å². The lowest BCUT2D eigenvalue weighted by atomic mass is 10.1. The van der Waals surface area contributed by atoms with Crippen molar-refractivity contribution in [3.63, 3.8) is 0 Å². The Labute approximate surface area is 169 Å². The monoisotopic (exact) mass is 415 g/mol. The van der Waals surface area contributed by atoms with Crippen molar-refractivity contribution in [3.05, 3.63) is 47.8 Å². The number of halogens is 1. The summed E-state index contributed by atoms with van der Waals surface area (Å²) in [6.45, 7) is -0.457. The molecule has 4 atom stereocenters. The maximum atomic E-state index is 13.1. The van der Waals surface area contributed by atoms with Gasteiger partial charge < -0.3 is 20.1 Å². The SMILES string of the molecule is CONc1nc(C#Cc2ccc(F)cc2)nc2c1ncn2C1OC(CO)C(O)C1O. The molecule has 1 saturated heterocycles. The predicted octanol–water partition coefficient (Wildman–Crippen LogP) is -0.0500. The molecule has 0 aliphatic carbocycles. The molecule has 156 valence electrons. The molecule has 3 aromatic rings. The summed E-state index contributed by atoms with van der Waals surface area (Å²) >= 11 is 0. The number of fused-ring (bicyclic) bond motifs is 1. The average molecular weight is 415 g/mol. The number of hydrogen-bond acceptors (Lipinski definition) is 9. The summed E-state index contributed by atoms with van der Waals surface area (Å²) in [5.74, 6) is 5.61. The molecule has 2 aromatic heterocycles. The van der Waals surface area contributed by atoms with E-state index in [1.54, 1.807) is 0 Å². The Morgan fingerprint density at radius 2 is 1.97 bits per heavy atom. The van der Waals surface area contributed by atoms with Crippen LogP contribution in [0.5, 0.6) is 0 Å². The summed E-state index contributed by atoms with van der Waals surface area (Å²) < 4.78 is 20.0. The second-order valence-corrected chi connectivity index (χ2v) is 6.51. The van der Waals surface area contributed by atoms with Crippen molar-refractivity contribution in [3.8, 4) is 11.8 Å². The number of nitrogens with zero attached hydrogens (tertiary/aromatic N) is 4. The van der Waals surface area contributed by atoms with E-state index in [-0.39, 0.29) is 23.1 Å². The molecule has 0 amide bonds. The summed E-state index contributed by atoms with van der Waals surface area (Å²) in [4.78, 5) is 17.8. The van der Waals surface area contributed by atoms with Crippen molar-refractivity contribution >= 4 is 17.0 Å². The van der Waals surface area contributed by atoms with Gasteiger partial charge in [0.05, 0.1) is 20.0 Å². The van der Waals surface area contributed by atoms with Gasteiger partial charge in [-0.3, -0.25) is 9.40 Å². The molecule has 1 aliphatic rings. The summed E-state index contributed by atoms with van der Waals surface area (Å²) in [7, 11) is 1.40. The third-order valence-electron chi connectivity index (χ3n) is 4.57. The average Bonchev–Trinajstić information content (AvgIpc) is 3.29. The Balaban J connectivity index is 1.76. The molecular weight excluding hydrogens is 397 g/mol. The topological polar surface area (TPSA) is 135 Å². The lowest BCUT2D eigenvalue weighted by molar-refractivity contribution is -0.0511. The number of aromatic nitrogens is 4. The van der Waals surface area contributed by atoms with E-state index < -0.39 is 31.1 Å². The van der Waals surface area contributed by atoms with E-state index in [1.165, 1.54) is 42.3 Å². The van der Waals surface area contributed by atoms with E-state index in [2.05, 4.69) is 32.3 Å². The van der Waals surface area contributed by atoms with Crippen LogP contribution in [-0.2, 0) is 9.57 Å². The largest absolute Gasteiger partial charge is 0.394 e. The van der Waals surface area contributed by atoms with E-state index in [0.29, 0.717) is 11.1 Å². The van der Waals surface area contributed by atoms with E-state index in [0.717, 1.165) is 0 Å². The molecule has 10 nitrogen and oxygen atoms in total. The maximum Gasteiger partial charge on any atom is 0.209 e. The predicted molar refractivity (Wildman–Crippen MR) is 101 cm³/mol. The van der Waals surface area contributed by atoms with Gasteiger partial charge in [-0.05, 0) is 30.2 Å². The third kappa shape index (κ3) is 3.70. The van der Waals surface area contributed by atoms with Crippen LogP contribution in [0.15, 0.2) is 30.6 Å². The van der Waals surface area contributed by atoms with Crippen molar-refractivity contribution in [2.75, 3.05) is 19.2 Å². The van der Waals surface area contributed by atoms with E-state index in [4.69, 9.17) is 9.57 Å². The summed E-state index contributed by atoms with van der Waals surface area (Å²) in [5.41, 5.74) is 3.76. The zero-order chi connectivity index (χ0) is 21.3. The van der Waals surface area contributed by atoms with Crippen molar-refractivity contribution < 1.29 is 29.3 Å². The minimum Gasteiger partial charge on any atom is -0.394 e. The van der Waals surface area contributed by atoms with Gasteiger partial charge in [0.15, 0.2) is 23.2 Å². The van der Waals surface area contributed by atoms with Crippen LogP contribution in [0.1, 0.15) is 17.6 Å². The van der Waals surface area contributed by atoms with Crippen LogP contribution >= 0.6 is 0 Å². The highest BCUT2D eigenvalue weighted by Crippen LogP contribution is 2.32. The summed E-state index contributed by atoms with van der Waals surface area (Å²) in [6.07, 6.45) is -3.17. The Bertz CT molecular complexity index is 1110. The number of ether oxygens (including phenoxy) is 1. The molecule has 1 aliphatic heterocycles. The van der Waals surface area contributed by atoms with Crippen LogP contribution in [0, 0.1) is 17.7 Å². The number of hydrogen-bond donors (Lipinski definition) is 4. The Kier molecular flexibility index (Phi) is 5.58. The molecule has 4 rings (SSSR count). The van der Waals surface area contributed by atoms with Gasteiger partial charge in [0.1, 0.15) is 24.1 Å². The second kappa shape index (κ2) is 8.31. The minimum absolute atomic E-state index is 0.111. The van der Waals surface area contributed by atoms with Gasteiger partial charge in [-0.1, -0.05) is 5.92 Å². The smallest absolute Gasteiger partial charge is 0.209 e. The van der Waals surface area contributed by atoms with Gasteiger partial charge in [-0.15, -0.1) is 0 Å². The van der Waals surface area contributed by atoms with Gasteiger partial charge in [0, 0.05) is 5.56 Å². The molecule has 1 fully saturated rings. The van der Waals surface area contributed by atoms with Crippen LogP contribution in [0.2, 0.25) is 0 Å². The number of benzene rings is 1. The first-order chi connectivity index (χ1) is 14.5. The number of imidazole rings is 1. The Morgan fingerprint density at radius 1 is 1.20 bits per heavy atom. The molecule has 30 heavy (non-hydrogen) atoms. The van der Waals surface area contributed by atoms with Crippen LogP contribution in [0.4, 0.5) is 10.2 Å². The zero-order valence-electron chi connectivity index (χ0n) is 15.7. The highest BCUT2D eigenvalue weighted by molar-refractivity contribution is 5.83. The van der Waals surface area contributed by atoms with E-state index in [1.807, 2.05) is 0 Å². The first-order valence-corrected chi connectivity index (χ1v) is 8.95. The molecule has 3 heterocycles. The third-order valence-corrected chi connectivity index (χ3v) is 4.57. The van der Waals surface area contributed by atoms with Crippen LogP contribution < -0.4 is 5.48 Å².